The van der Waals surface area contributed by atoms with Crippen LogP contribution in [-0.4, -0.2) is 17.0 Å². The third-order valence-electron chi connectivity index (χ3n) is 7.80. The average molecular weight is 596 g/mol. The highest BCUT2D eigenvalue weighted by Gasteiger charge is 2.43. The molecule has 218 valence electrons. The molecule has 5 rings (SSSR count). The van der Waals surface area contributed by atoms with Crippen LogP contribution in [0, 0.1) is 0 Å². The summed E-state index contributed by atoms with van der Waals surface area (Å²) in [6, 6.07) is 12.2. The number of rotatable bonds is 6. The van der Waals surface area contributed by atoms with Crippen molar-refractivity contribution in [2.75, 3.05) is 0 Å². The van der Waals surface area contributed by atoms with Gasteiger partial charge in [0.2, 0.25) is 0 Å². The third kappa shape index (κ3) is 6.05. The van der Waals surface area contributed by atoms with Crippen molar-refractivity contribution in [2.24, 2.45) is 0 Å². The van der Waals surface area contributed by atoms with Crippen LogP contribution in [0.25, 0.3) is 11.1 Å². The number of cyclic esters (lactones) is 1. The quantitative estimate of drug-likeness (QED) is 0.265. The van der Waals surface area contributed by atoms with Gasteiger partial charge in [0.1, 0.15) is 6.10 Å². The lowest BCUT2D eigenvalue weighted by Gasteiger charge is -2.24. The molecule has 3 nitrogen and oxygen atoms in total. The molecule has 10 heteroatoms. The van der Waals surface area contributed by atoms with Crippen LogP contribution in [0.3, 0.4) is 0 Å². The fraction of sp³-hybridized carbons (Fsp3) is 0.387. The van der Waals surface area contributed by atoms with E-state index in [0.29, 0.717) is 23.1 Å². The van der Waals surface area contributed by atoms with Crippen LogP contribution < -0.4 is 0 Å². The Hall–Kier alpha value is -3.20. The van der Waals surface area contributed by atoms with E-state index < -0.39 is 41.7 Å². The number of ether oxygens (including phenoxy) is 1. The number of alkyl halides is 6. The Bertz CT molecular complexity index is 1450. The highest BCUT2D eigenvalue weighted by Crippen LogP contribution is 2.44. The third-order valence-corrected chi connectivity index (χ3v) is 8.13. The molecule has 1 aliphatic carbocycles. The van der Waals surface area contributed by atoms with Gasteiger partial charge in [0.15, 0.2) is 0 Å². The monoisotopic (exact) mass is 595 g/mol. The minimum atomic E-state index is -5.01. The highest BCUT2D eigenvalue weighted by molar-refractivity contribution is 6.33. The second kappa shape index (κ2) is 10.6. The summed E-state index contributed by atoms with van der Waals surface area (Å²) < 4.78 is 86.4. The van der Waals surface area contributed by atoms with E-state index in [1.165, 1.54) is 4.90 Å². The van der Waals surface area contributed by atoms with Crippen molar-refractivity contribution in [3.8, 4) is 11.1 Å². The smallest absolute Gasteiger partial charge is 0.416 e. The summed E-state index contributed by atoms with van der Waals surface area (Å²) in [7, 11) is 0. The van der Waals surface area contributed by atoms with E-state index >= 15 is 0 Å². The number of halogens is 7. The van der Waals surface area contributed by atoms with E-state index in [-0.39, 0.29) is 24.1 Å². The predicted octanol–water partition coefficient (Wildman–Crippen LogP) is 10.1. The van der Waals surface area contributed by atoms with Crippen LogP contribution in [0.1, 0.15) is 84.9 Å². The van der Waals surface area contributed by atoms with Gasteiger partial charge in [0.25, 0.3) is 0 Å². The van der Waals surface area contributed by atoms with Crippen molar-refractivity contribution < 1.29 is 35.9 Å². The molecule has 41 heavy (non-hydrogen) atoms. The molecule has 0 N–H and O–H groups in total. The highest BCUT2D eigenvalue weighted by atomic mass is 35.5. The molecule has 1 unspecified atom stereocenters. The van der Waals surface area contributed by atoms with Gasteiger partial charge in [-0.25, -0.2) is 4.79 Å². The zero-order valence-corrected chi connectivity index (χ0v) is 23.3. The number of hydrogen-bond acceptors (Lipinski definition) is 2. The molecule has 1 amide bonds. The predicted molar refractivity (Wildman–Crippen MR) is 144 cm³/mol. The number of carbonyl (C=O) groups excluding carboxylic acids is 1. The molecule has 2 aliphatic rings. The van der Waals surface area contributed by atoms with Gasteiger partial charge in [-0.1, -0.05) is 49.7 Å². The lowest BCUT2D eigenvalue weighted by molar-refractivity contribution is -0.143. The first-order valence-corrected chi connectivity index (χ1v) is 13.7. The standard InChI is InChI=1S/C31H28ClF6NO2/c1-16(2)19-7-9-27(32)26(13-19)25-8-6-20(18-4-5-18)10-22(25)15-39-17(3)28(41-29(39)40)21-11-23(30(33,34)35)14-24(12-21)31(36,37)38/h6-14,16-18,28H,4-5,15H2,1-3H3/t17-,28?/m0/s1. The molecule has 2 atom stereocenters. The molecule has 0 radical (unpaired) electrons. The largest absolute Gasteiger partial charge is 0.439 e. The maximum absolute atomic E-state index is 13.5. The molecule has 1 saturated heterocycles. The zero-order chi connectivity index (χ0) is 29.9. The van der Waals surface area contributed by atoms with Gasteiger partial charge in [0, 0.05) is 10.6 Å². The van der Waals surface area contributed by atoms with Crippen LogP contribution >= 0.6 is 11.6 Å². The maximum Gasteiger partial charge on any atom is 0.416 e. The number of benzene rings is 3. The van der Waals surface area contributed by atoms with Gasteiger partial charge in [-0.2, -0.15) is 26.3 Å². The maximum atomic E-state index is 13.5. The van der Waals surface area contributed by atoms with Crippen molar-refractivity contribution >= 4 is 17.7 Å². The number of hydrogen-bond donors (Lipinski definition) is 0. The molecule has 2 fully saturated rings. The summed E-state index contributed by atoms with van der Waals surface area (Å²) >= 11 is 6.61. The molecule has 3 aromatic carbocycles. The van der Waals surface area contributed by atoms with E-state index in [2.05, 4.69) is 13.8 Å². The van der Waals surface area contributed by atoms with Crippen LogP contribution in [-0.2, 0) is 23.6 Å². The summed E-state index contributed by atoms with van der Waals surface area (Å²) in [5.74, 6) is 0.644. The van der Waals surface area contributed by atoms with E-state index in [9.17, 15) is 31.1 Å². The van der Waals surface area contributed by atoms with E-state index in [1.807, 2.05) is 36.4 Å². The number of nitrogens with zero attached hydrogens (tertiary/aromatic N) is 1. The summed E-state index contributed by atoms with van der Waals surface area (Å²) in [6.07, 6.45) is -10.1. The Morgan fingerprint density at radius 1 is 0.878 bits per heavy atom. The Labute approximate surface area is 239 Å². The summed E-state index contributed by atoms with van der Waals surface area (Å²) in [5.41, 5.74) is 1.23. The van der Waals surface area contributed by atoms with E-state index in [1.54, 1.807) is 6.92 Å². The first-order chi connectivity index (χ1) is 19.1. The van der Waals surface area contributed by atoms with Gasteiger partial charge in [-0.15, -0.1) is 0 Å². The van der Waals surface area contributed by atoms with Crippen LogP contribution in [0.15, 0.2) is 54.6 Å². The van der Waals surface area contributed by atoms with E-state index in [4.69, 9.17) is 16.3 Å². The fourth-order valence-corrected chi connectivity index (χ4v) is 5.49. The van der Waals surface area contributed by atoms with Gasteiger partial charge < -0.3 is 4.74 Å². The molecule has 1 aliphatic heterocycles. The summed E-state index contributed by atoms with van der Waals surface area (Å²) in [6.45, 7) is 5.72. The molecule has 3 aromatic rings. The fourth-order valence-electron chi connectivity index (χ4n) is 5.27. The van der Waals surface area contributed by atoms with Crippen molar-refractivity contribution in [1.29, 1.82) is 0 Å². The van der Waals surface area contributed by atoms with Gasteiger partial charge in [-0.3, -0.25) is 4.90 Å². The SMILES string of the molecule is CC(C)c1ccc(Cl)c(-c2ccc(C3CC3)cc2CN2C(=O)OC(c3cc(C(F)(F)F)cc(C(F)(F)F)c3)[C@@H]2C)c1. The number of carbonyl (C=O) groups is 1. The van der Waals surface area contributed by atoms with Gasteiger partial charge >= 0.3 is 18.4 Å². The van der Waals surface area contributed by atoms with Crippen molar-refractivity contribution in [2.45, 2.75) is 76.5 Å². The lowest BCUT2D eigenvalue weighted by Crippen LogP contribution is -2.31. The van der Waals surface area contributed by atoms with Crippen molar-refractivity contribution in [3.63, 3.8) is 0 Å². The van der Waals surface area contributed by atoms with E-state index in [0.717, 1.165) is 40.7 Å². The normalized spacial score (nSPS) is 19.7. The zero-order valence-electron chi connectivity index (χ0n) is 22.5. The first-order valence-electron chi connectivity index (χ1n) is 13.3. The Morgan fingerprint density at radius 2 is 1.51 bits per heavy atom. The Balaban J connectivity index is 1.52. The molecule has 1 heterocycles. The lowest BCUT2D eigenvalue weighted by atomic mass is 9.92. The van der Waals surface area contributed by atoms with Crippen LogP contribution in [0.2, 0.25) is 5.02 Å². The molecule has 0 bridgehead atoms. The first kappa shape index (κ1) is 29.3. The Kier molecular flexibility index (Phi) is 7.55. The van der Waals surface area contributed by atoms with Crippen LogP contribution in [0.4, 0.5) is 31.1 Å². The Morgan fingerprint density at radius 3 is 2.07 bits per heavy atom. The minimum Gasteiger partial charge on any atom is -0.439 e. The van der Waals surface area contributed by atoms with Gasteiger partial charge in [0.05, 0.1) is 23.7 Å². The molecular weight excluding hydrogens is 568 g/mol. The molecular formula is C31H28ClF6NO2. The number of amides is 1. The molecule has 0 spiro atoms. The van der Waals surface area contributed by atoms with Gasteiger partial charge in [-0.05, 0) is 89.8 Å². The van der Waals surface area contributed by atoms with Crippen molar-refractivity contribution in [1.82, 2.24) is 4.90 Å². The second-order valence-electron chi connectivity index (χ2n) is 11.1. The average Bonchev–Trinajstić information content (AvgIpc) is 3.70. The molecule has 0 aromatic heterocycles. The minimum absolute atomic E-state index is 0.0414. The summed E-state index contributed by atoms with van der Waals surface area (Å²) in [4.78, 5) is 14.4. The molecule has 1 saturated carbocycles. The topological polar surface area (TPSA) is 29.5 Å². The van der Waals surface area contributed by atoms with Crippen molar-refractivity contribution in [3.05, 3.63) is 93.0 Å². The van der Waals surface area contributed by atoms with Crippen LogP contribution in [0.5, 0.6) is 0 Å². The second-order valence-corrected chi connectivity index (χ2v) is 11.5. The summed E-state index contributed by atoms with van der Waals surface area (Å²) in [5, 5.41) is 0.522.